The second kappa shape index (κ2) is 7.88. The van der Waals surface area contributed by atoms with Crippen molar-refractivity contribution >= 4 is 0 Å². The Kier molecular flexibility index (Phi) is 6.83. The van der Waals surface area contributed by atoms with Crippen molar-refractivity contribution in [3.63, 3.8) is 0 Å². The van der Waals surface area contributed by atoms with Crippen molar-refractivity contribution in [3.8, 4) is 0 Å². The fourth-order valence-electron chi connectivity index (χ4n) is 2.79. The molecule has 1 fully saturated rings. The molecule has 17 heavy (non-hydrogen) atoms. The van der Waals surface area contributed by atoms with Crippen LogP contribution in [0.5, 0.6) is 0 Å². The normalized spacial score (nSPS) is 19.1. The number of rotatable bonds is 7. The second-order valence-corrected chi connectivity index (χ2v) is 5.47. The molecule has 0 aliphatic carbocycles. The van der Waals surface area contributed by atoms with E-state index in [0.717, 1.165) is 12.5 Å². The monoisotopic (exact) mass is 238 g/mol. The summed E-state index contributed by atoms with van der Waals surface area (Å²) in [6, 6.07) is 1.52. The van der Waals surface area contributed by atoms with E-state index in [9.17, 15) is 0 Å². The topological polar surface area (TPSA) is 6.48 Å². The lowest BCUT2D eigenvalue weighted by Gasteiger charge is -2.40. The van der Waals surface area contributed by atoms with E-state index in [4.69, 9.17) is 0 Å². The molecule has 2 heteroatoms. The van der Waals surface area contributed by atoms with Gasteiger partial charge in [0.25, 0.3) is 0 Å². The molecule has 0 aromatic rings. The Bertz CT molecular complexity index is 205. The van der Waals surface area contributed by atoms with E-state index in [2.05, 4.69) is 37.1 Å². The molecule has 0 aromatic carbocycles. The summed E-state index contributed by atoms with van der Waals surface area (Å²) < 4.78 is 0. The van der Waals surface area contributed by atoms with Gasteiger partial charge in [-0.1, -0.05) is 13.0 Å². The molecule has 0 N–H and O–H groups in total. The molecule has 0 saturated carbocycles. The first-order valence-electron chi connectivity index (χ1n) is 7.28. The van der Waals surface area contributed by atoms with Crippen LogP contribution in [-0.4, -0.2) is 48.1 Å². The summed E-state index contributed by atoms with van der Waals surface area (Å²) in [7, 11) is 0. The van der Waals surface area contributed by atoms with E-state index in [1.807, 2.05) is 6.08 Å². The molecule has 0 radical (unpaired) electrons. The maximum Gasteiger partial charge on any atom is 0.0120 e. The Labute approximate surface area is 108 Å². The van der Waals surface area contributed by atoms with E-state index in [0.29, 0.717) is 6.04 Å². The van der Waals surface area contributed by atoms with Crippen LogP contribution in [0.4, 0.5) is 0 Å². The van der Waals surface area contributed by atoms with Gasteiger partial charge in [0.1, 0.15) is 0 Å². The highest BCUT2D eigenvalue weighted by Crippen LogP contribution is 2.18. The summed E-state index contributed by atoms with van der Waals surface area (Å²) in [6.45, 7) is 15.7. The van der Waals surface area contributed by atoms with Gasteiger partial charge < -0.3 is 4.90 Å². The Morgan fingerprint density at radius 1 is 1.29 bits per heavy atom. The van der Waals surface area contributed by atoms with Crippen LogP contribution in [0.15, 0.2) is 12.7 Å². The second-order valence-electron chi connectivity index (χ2n) is 5.47. The Balaban J connectivity index is 2.39. The van der Waals surface area contributed by atoms with Crippen molar-refractivity contribution in [2.24, 2.45) is 0 Å². The van der Waals surface area contributed by atoms with Crippen molar-refractivity contribution in [2.75, 3.05) is 26.2 Å². The van der Waals surface area contributed by atoms with E-state index in [1.54, 1.807) is 0 Å². The lowest BCUT2D eigenvalue weighted by molar-refractivity contribution is 0.0930. The van der Waals surface area contributed by atoms with Crippen LogP contribution in [0.1, 0.15) is 46.5 Å². The molecule has 1 heterocycles. The molecule has 1 aliphatic heterocycles. The van der Waals surface area contributed by atoms with Gasteiger partial charge in [-0.2, -0.15) is 0 Å². The highest BCUT2D eigenvalue weighted by molar-refractivity contribution is 4.82. The molecule has 0 spiro atoms. The third-order valence-corrected chi connectivity index (χ3v) is 3.88. The molecule has 0 atom stereocenters. The molecule has 0 amide bonds. The number of hydrogen-bond acceptors (Lipinski definition) is 2. The number of hydrogen-bond donors (Lipinski definition) is 0. The number of likely N-dealkylation sites (tertiary alicyclic amines) is 1. The van der Waals surface area contributed by atoms with Gasteiger partial charge in [0.15, 0.2) is 0 Å². The highest BCUT2D eigenvalue weighted by atomic mass is 15.2. The molecule has 0 unspecified atom stereocenters. The average Bonchev–Trinajstić information content (AvgIpc) is 2.34. The van der Waals surface area contributed by atoms with Crippen LogP contribution in [0.3, 0.4) is 0 Å². The van der Waals surface area contributed by atoms with Crippen LogP contribution < -0.4 is 0 Å². The largest absolute Gasteiger partial charge is 0.301 e. The standard InChI is InChI=1S/C15H30N2/c1-5-7-11-17(10-6-2)15-8-12-16(13-9-15)14(3)4/h5,14-15H,1,6-13H2,2-4H3. The van der Waals surface area contributed by atoms with Gasteiger partial charge in [-0.05, 0) is 59.2 Å². The van der Waals surface area contributed by atoms with Crippen molar-refractivity contribution in [2.45, 2.75) is 58.5 Å². The van der Waals surface area contributed by atoms with Crippen molar-refractivity contribution < 1.29 is 0 Å². The Hall–Kier alpha value is -0.340. The Morgan fingerprint density at radius 3 is 2.41 bits per heavy atom. The summed E-state index contributed by atoms with van der Waals surface area (Å²) in [4.78, 5) is 5.29. The average molecular weight is 238 g/mol. The molecule has 1 saturated heterocycles. The lowest BCUT2D eigenvalue weighted by atomic mass is 10.0. The van der Waals surface area contributed by atoms with E-state index < -0.39 is 0 Å². The molecule has 1 rings (SSSR count). The molecular formula is C15H30N2. The van der Waals surface area contributed by atoms with Gasteiger partial charge in [-0.25, -0.2) is 0 Å². The summed E-state index contributed by atoms with van der Waals surface area (Å²) in [5.74, 6) is 0. The van der Waals surface area contributed by atoms with Gasteiger partial charge >= 0.3 is 0 Å². The predicted molar refractivity (Wildman–Crippen MR) is 76.4 cm³/mol. The summed E-state index contributed by atoms with van der Waals surface area (Å²) >= 11 is 0. The van der Waals surface area contributed by atoms with E-state index >= 15 is 0 Å². The van der Waals surface area contributed by atoms with Gasteiger partial charge in [0, 0.05) is 18.6 Å². The minimum Gasteiger partial charge on any atom is -0.301 e. The SMILES string of the molecule is C=CCCN(CCC)C1CCN(C(C)C)CC1. The Morgan fingerprint density at radius 2 is 1.94 bits per heavy atom. The van der Waals surface area contributed by atoms with E-state index in [-0.39, 0.29) is 0 Å². The predicted octanol–water partition coefficient (Wildman–Crippen LogP) is 3.15. The first kappa shape index (κ1) is 14.7. The van der Waals surface area contributed by atoms with E-state index in [1.165, 1.54) is 45.4 Å². The first-order chi connectivity index (χ1) is 8.19. The van der Waals surface area contributed by atoms with Gasteiger partial charge in [-0.15, -0.1) is 6.58 Å². The summed E-state index contributed by atoms with van der Waals surface area (Å²) in [6.07, 6.45) is 7.13. The smallest absolute Gasteiger partial charge is 0.0120 e. The lowest BCUT2D eigenvalue weighted by Crippen LogP contribution is -2.47. The first-order valence-corrected chi connectivity index (χ1v) is 7.28. The zero-order chi connectivity index (χ0) is 12.7. The summed E-state index contributed by atoms with van der Waals surface area (Å²) in [5.41, 5.74) is 0. The molecule has 1 aliphatic rings. The molecule has 100 valence electrons. The number of nitrogens with zero attached hydrogens (tertiary/aromatic N) is 2. The van der Waals surface area contributed by atoms with Crippen molar-refractivity contribution in [1.29, 1.82) is 0 Å². The van der Waals surface area contributed by atoms with Gasteiger partial charge in [-0.3, -0.25) is 4.90 Å². The zero-order valence-electron chi connectivity index (χ0n) is 12.0. The maximum atomic E-state index is 3.84. The minimum atomic E-state index is 0.712. The van der Waals surface area contributed by atoms with Crippen LogP contribution in [0.2, 0.25) is 0 Å². The van der Waals surface area contributed by atoms with Crippen LogP contribution in [0, 0.1) is 0 Å². The number of piperidine rings is 1. The maximum absolute atomic E-state index is 3.84. The highest BCUT2D eigenvalue weighted by Gasteiger charge is 2.24. The van der Waals surface area contributed by atoms with Crippen LogP contribution >= 0.6 is 0 Å². The molecule has 2 nitrogen and oxygen atoms in total. The minimum absolute atomic E-state index is 0.712. The van der Waals surface area contributed by atoms with Crippen molar-refractivity contribution in [3.05, 3.63) is 12.7 Å². The zero-order valence-corrected chi connectivity index (χ0v) is 12.0. The van der Waals surface area contributed by atoms with Crippen molar-refractivity contribution in [1.82, 2.24) is 9.80 Å². The van der Waals surface area contributed by atoms with Crippen LogP contribution in [-0.2, 0) is 0 Å². The fraction of sp³-hybridized carbons (Fsp3) is 0.867. The van der Waals surface area contributed by atoms with Gasteiger partial charge in [0.05, 0.1) is 0 Å². The summed E-state index contributed by atoms with van der Waals surface area (Å²) in [5, 5.41) is 0. The van der Waals surface area contributed by atoms with Gasteiger partial charge in [0.2, 0.25) is 0 Å². The quantitative estimate of drug-likeness (QED) is 0.629. The molecule has 0 aromatic heterocycles. The third-order valence-electron chi connectivity index (χ3n) is 3.88. The fourth-order valence-corrected chi connectivity index (χ4v) is 2.79. The molecule has 0 bridgehead atoms. The molecular weight excluding hydrogens is 208 g/mol. The van der Waals surface area contributed by atoms with Crippen LogP contribution in [0.25, 0.3) is 0 Å². The third kappa shape index (κ3) is 4.81.